The lowest BCUT2D eigenvalue weighted by Gasteiger charge is -2.07. The molecule has 19 heavy (non-hydrogen) atoms. The molecule has 0 bridgehead atoms. The van der Waals surface area contributed by atoms with Gasteiger partial charge in [0.1, 0.15) is 5.75 Å². The highest BCUT2D eigenvalue weighted by molar-refractivity contribution is 5.81. The van der Waals surface area contributed by atoms with E-state index in [0.717, 1.165) is 18.7 Å². The number of para-hydroxylation sites is 1. The van der Waals surface area contributed by atoms with Crippen LogP contribution in [0.1, 0.15) is 12.5 Å². The minimum Gasteiger partial charge on any atom is -0.496 e. The molecule has 4 heteroatoms. The van der Waals surface area contributed by atoms with Gasteiger partial charge in [0.05, 0.1) is 13.7 Å². The molecule has 1 aromatic rings. The first-order valence-corrected chi connectivity index (χ1v) is 6.43. The Kier molecular flexibility index (Phi) is 7.35. The lowest BCUT2D eigenvalue weighted by Crippen LogP contribution is -2.17. The van der Waals surface area contributed by atoms with Gasteiger partial charge in [-0.15, -0.1) is 0 Å². The van der Waals surface area contributed by atoms with Crippen LogP contribution in [0.15, 0.2) is 36.4 Å². The first kappa shape index (κ1) is 15.2. The topological polar surface area (TPSA) is 47.6 Å². The maximum atomic E-state index is 11.0. The molecule has 0 saturated heterocycles. The Labute approximate surface area is 114 Å². The maximum absolute atomic E-state index is 11.0. The number of methoxy groups -OCH3 is 1. The number of ether oxygens (including phenoxy) is 2. The van der Waals surface area contributed by atoms with Gasteiger partial charge in [-0.1, -0.05) is 24.3 Å². The summed E-state index contributed by atoms with van der Waals surface area (Å²) in [6, 6.07) is 7.96. The van der Waals surface area contributed by atoms with Gasteiger partial charge >= 0.3 is 5.97 Å². The minimum absolute atomic E-state index is 0.297. The van der Waals surface area contributed by atoms with Gasteiger partial charge in [0.2, 0.25) is 0 Å². The minimum atomic E-state index is -0.297. The van der Waals surface area contributed by atoms with E-state index in [0.29, 0.717) is 13.2 Å². The van der Waals surface area contributed by atoms with Crippen molar-refractivity contribution in [2.45, 2.75) is 13.3 Å². The molecule has 0 aromatic heterocycles. The molecular formula is C15H21NO3. The molecule has 0 aliphatic heterocycles. The summed E-state index contributed by atoms with van der Waals surface area (Å²) in [5, 5.41) is 3.23. The summed E-state index contributed by atoms with van der Waals surface area (Å²) in [6.07, 6.45) is 4.09. The summed E-state index contributed by atoms with van der Waals surface area (Å²) in [5.74, 6) is 0.611. The van der Waals surface area contributed by atoms with E-state index in [1.165, 1.54) is 11.6 Å². The number of nitrogens with one attached hydrogen (secondary N) is 1. The Morgan fingerprint density at radius 3 is 2.89 bits per heavy atom. The van der Waals surface area contributed by atoms with E-state index >= 15 is 0 Å². The molecule has 0 saturated carbocycles. The van der Waals surface area contributed by atoms with Crippen molar-refractivity contribution in [2.75, 3.05) is 26.8 Å². The van der Waals surface area contributed by atoms with Crippen molar-refractivity contribution in [3.8, 4) is 5.75 Å². The van der Waals surface area contributed by atoms with Crippen molar-refractivity contribution in [1.82, 2.24) is 5.32 Å². The van der Waals surface area contributed by atoms with Crippen LogP contribution in [0.3, 0.4) is 0 Å². The van der Waals surface area contributed by atoms with Crippen molar-refractivity contribution in [3.05, 3.63) is 42.0 Å². The highest BCUT2D eigenvalue weighted by Crippen LogP contribution is 2.16. The number of carbonyl (C=O) groups excluding carboxylic acids is 1. The average molecular weight is 263 g/mol. The number of hydrogen-bond donors (Lipinski definition) is 1. The first-order valence-electron chi connectivity index (χ1n) is 6.43. The van der Waals surface area contributed by atoms with Crippen LogP contribution in [0.4, 0.5) is 0 Å². The second-order valence-corrected chi connectivity index (χ2v) is 3.92. The van der Waals surface area contributed by atoms with E-state index in [-0.39, 0.29) is 5.97 Å². The van der Waals surface area contributed by atoms with Gasteiger partial charge in [0, 0.05) is 12.6 Å². The van der Waals surface area contributed by atoms with Crippen LogP contribution >= 0.6 is 0 Å². The molecule has 0 fully saturated rings. The molecular weight excluding hydrogens is 242 g/mol. The van der Waals surface area contributed by atoms with Crippen molar-refractivity contribution < 1.29 is 14.3 Å². The van der Waals surface area contributed by atoms with E-state index in [1.54, 1.807) is 20.1 Å². The van der Waals surface area contributed by atoms with Crippen LogP contribution in [0, 0.1) is 0 Å². The third-order valence-electron chi connectivity index (χ3n) is 2.57. The standard InChI is InChI=1S/C15H21NO3/c1-3-19-15(17)9-6-11-16-12-10-13-7-4-5-8-14(13)18-2/h4-9,16H,3,10-12H2,1-2H3/b9-6+. The lowest BCUT2D eigenvalue weighted by molar-refractivity contribution is -0.137. The van der Waals surface area contributed by atoms with Crippen LogP contribution in [0.5, 0.6) is 5.75 Å². The lowest BCUT2D eigenvalue weighted by atomic mass is 10.1. The second kappa shape index (κ2) is 9.16. The summed E-state index contributed by atoms with van der Waals surface area (Å²) < 4.78 is 10.1. The van der Waals surface area contributed by atoms with Gasteiger partial charge < -0.3 is 14.8 Å². The van der Waals surface area contributed by atoms with Gasteiger partial charge in [-0.3, -0.25) is 0 Å². The third kappa shape index (κ3) is 6.06. The number of carbonyl (C=O) groups is 1. The zero-order valence-electron chi connectivity index (χ0n) is 11.5. The Morgan fingerprint density at radius 2 is 2.16 bits per heavy atom. The largest absolute Gasteiger partial charge is 0.496 e. The SMILES string of the molecule is CCOC(=O)/C=C/CNCCc1ccccc1OC. The van der Waals surface area contributed by atoms with Crippen LogP contribution in [0.2, 0.25) is 0 Å². The predicted molar refractivity (Wildman–Crippen MR) is 75.3 cm³/mol. The highest BCUT2D eigenvalue weighted by atomic mass is 16.5. The van der Waals surface area contributed by atoms with E-state index in [4.69, 9.17) is 9.47 Å². The Balaban J connectivity index is 2.22. The quantitative estimate of drug-likeness (QED) is 0.442. The summed E-state index contributed by atoms with van der Waals surface area (Å²) in [7, 11) is 1.67. The van der Waals surface area contributed by atoms with Crippen LogP contribution in [-0.4, -0.2) is 32.8 Å². The van der Waals surface area contributed by atoms with Gasteiger partial charge in [0.25, 0.3) is 0 Å². The predicted octanol–water partition coefficient (Wildman–Crippen LogP) is 1.95. The number of rotatable bonds is 8. The molecule has 0 amide bonds. The second-order valence-electron chi connectivity index (χ2n) is 3.92. The Morgan fingerprint density at radius 1 is 1.37 bits per heavy atom. The average Bonchev–Trinajstić information content (AvgIpc) is 2.43. The molecule has 0 radical (unpaired) electrons. The molecule has 0 spiro atoms. The molecule has 0 unspecified atom stereocenters. The fraction of sp³-hybridized carbons (Fsp3) is 0.400. The van der Waals surface area contributed by atoms with E-state index in [2.05, 4.69) is 11.4 Å². The van der Waals surface area contributed by atoms with E-state index in [1.807, 2.05) is 18.2 Å². The normalized spacial score (nSPS) is 10.6. The van der Waals surface area contributed by atoms with Gasteiger partial charge in [-0.2, -0.15) is 0 Å². The van der Waals surface area contributed by atoms with Crippen molar-refractivity contribution >= 4 is 5.97 Å². The van der Waals surface area contributed by atoms with Crippen molar-refractivity contribution in [2.24, 2.45) is 0 Å². The molecule has 0 aliphatic carbocycles. The summed E-state index contributed by atoms with van der Waals surface area (Å²) >= 11 is 0. The molecule has 0 heterocycles. The third-order valence-corrected chi connectivity index (χ3v) is 2.57. The Bertz CT molecular complexity index is 416. The van der Waals surface area contributed by atoms with Crippen LogP contribution < -0.4 is 10.1 Å². The zero-order valence-corrected chi connectivity index (χ0v) is 11.5. The van der Waals surface area contributed by atoms with Gasteiger partial charge in [-0.25, -0.2) is 4.79 Å². The Hall–Kier alpha value is -1.81. The molecule has 0 aliphatic rings. The zero-order chi connectivity index (χ0) is 13.9. The number of hydrogen-bond acceptors (Lipinski definition) is 4. The number of benzene rings is 1. The molecule has 1 N–H and O–H groups in total. The van der Waals surface area contributed by atoms with Crippen molar-refractivity contribution in [1.29, 1.82) is 0 Å². The smallest absolute Gasteiger partial charge is 0.330 e. The highest BCUT2D eigenvalue weighted by Gasteiger charge is 2.00. The van der Waals surface area contributed by atoms with Crippen LogP contribution in [-0.2, 0) is 16.0 Å². The molecule has 4 nitrogen and oxygen atoms in total. The molecule has 0 atom stereocenters. The fourth-order valence-electron chi connectivity index (χ4n) is 1.66. The molecule has 1 aromatic carbocycles. The fourth-order valence-corrected chi connectivity index (χ4v) is 1.66. The monoisotopic (exact) mass is 263 g/mol. The van der Waals surface area contributed by atoms with Crippen LogP contribution in [0.25, 0.3) is 0 Å². The summed E-state index contributed by atoms with van der Waals surface area (Å²) in [6.45, 7) is 3.67. The summed E-state index contributed by atoms with van der Waals surface area (Å²) in [4.78, 5) is 11.0. The number of esters is 1. The van der Waals surface area contributed by atoms with Gasteiger partial charge in [0.15, 0.2) is 0 Å². The molecule has 1 rings (SSSR count). The first-order chi connectivity index (χ1) is 9.27. The van der Waals surface area contributed by atoms with Crippen molar-refractivity contribution in [3.63, 3.8) is 0 Å². The van der Waals surface area contributed by atoms with E-state index < -0.39 is 0 Å². The maximum Gasteiger partial charge on any atom is 0.330 e. The van der Waals surface area contributed by atoms with E-state index in [9.17, 15) is 4.79 Å². The molecule has 104 valence electrons. The summed E-state index contributed by atoms with van der Waals surface area (Å²) in [5.41, 5.74) is 1.17. The van der Waals surface area contributed by atoms with Gasteiger partial charge in [-0.05, 0) is 31.5 Å².